The molecule has 0 radical (unpaired) electrons. The van der Waals surface area contributed by atoms with Crippen molar-refractivity contribution in [3.05, 3.63) is 30.1 Å². The van der Waals surface area contributed by atoms with Gasteiger partial charge in [-0.05, 0) is 43.7 Å². The van der Waals surface area contributed by atoms with Gasteiger partial charge in [-0.1, -0.05) is 0 Å². The molecule has 2 atom stereocenters. The van der Waals surface area contributed by atoms with Crippen LogP contribution in [0.3, 0.4) is 0 Å². The van der Waals surface area contributed by atoms with Crippen LogP contribution in [0.5, 0.6) is 0 Å². The fraction of sp³-hybridized carbons (Fsp3) is 0.462. The standard InChI is InChI=1S/C13H14F3NO4S/c14-9-2-4-10(5-3-9)22(19,20)12(21-8-18)13(11(15)16)6-1-7-17-13/h2-5,8,11-12,17H,1,6-7H2. The van der Waals surface area contributed by atoms with E-state index in [-0.39, 0.29) is 19.4 Å². The van der Waals surface area contributed by atoms with Gasteiger partial charge in [0.1, 0.15) is 11.4 Å². The number of alkyl halides is 2. The van der Waals surface area contributed by atoms with Crippen LogP contribution >= 0.6 is 0 Å². The first kappa shape index (κ1) is 16.8. The third kappa shape index (κ3) is 2.82. The third-order valence-corrected chi connectivity index (χ3v) is 5.66. The lowest BCUT2D eigenvalue weighted by Gasteiger charge is -2.34. The van der Waals surface area contributed by atoms with E-state index < -0.39 is 38.0 Å². The fourth-order valence-electron chi connectivity index (χ4n) is 2.55. The molecule has 0 bridgehead atoms. The van der Waals surface area contributed by atoms with Gasteiger partial charge in [0.25, 0.3) is 12.9 Å². The minimum Gasteiger partial charge on any atom is -0.445 e. The van der Waals surface area contributed by atoms with E-state index in [2.05, 4.69) is 10.1 Å². The Morgan fingerprint density at radius 3 is 2.36 bits per heavy atom. The van der Waals surface area contributed by atoms with Crippen LogP contribution in [0.1, 0.15) is 12.8 Å². The number of carbonyl (C=O) groups is 1. The molecule has 22 heavy (non-hydrogen) atoms. The lowest BCUT2D eigenvalue weighted by molar-refractivity contribution is -0.136. The zero-order valence-corrected chi connectivity index (χ0v) is 12.2. The molecule has 2 unspecified atom stereocenters. The predicted molar refractivity (Wildman–Crippen MR) is 70.5 cm³/mol. The van der Waals surface area contributed by atoms with E-state index >= 15 is 0 Å². The summed E-state index contributed by atoms with van der Waals surface area (Å²) in [4.78, 5) is 10.3. The Kier molecular flexibility index (Phi) is 4.76. The van der Waals surface area contributed by atoms with Crippen molar-refractivity contribution >= 4 is 16.3 Å². The maximum absolute atomic E-state index is 13.5. The molecule has 0 amide bonds. The molecule has 1 aliphatic rings. The summed E-state index contributed by atoms with van der Waals surface area (Å²) in [6.07, 6.45) is -2.90. The molecule has 0 spiro atoms. The third-order valence-electron chi connectivity index (χ3n) is 3.63. The van der Waals surface area contributed by atoms with Gasteiger partial charge in [0, 0.05) is 0 Å². The zero-order valence-electron chi connectivity index (χ0n) is 11.3. The Hall–Kier alpha value is -1.61. The van der Waals surface area contributed by atoms with Gasteiger partial charge in [0.15, 0.2) is 0 Å². The Balaban J connectivity index is 2.50. The molecule has 1 aromatic carbocycles. The Morgan fingerprint density at radius 2 is 1.91 bits per heavy atom. The van der Waals surface area contributed by atoms with Crippen molar-refractivity contribution in [1.29, 1.82) is 0 Å². The normalized spacial score (nSPS) is 23.5. The van der Waals surface area contributed by atoms with Crippen molar-refractivity contribution in [1.82, 2.24) is 5.32 Å². The van der Waals surface area contributed by atoms with Gasteiger partial charge in [-0.15, -0.1) is 0 Å². The van der Waals surface area contributed by atoms with Crippen molar-refractivity contribution in [2.75, 3.05) is 6.54 Å². The minimum absolute atomic E-state index is 0.163. The highest BCUT2D eigenvalue weighted by Crippen LogP contribution is 2.36. The molecule has 122 valence electrons. The molecule has 2 rings (SSSR count). The van der Waals surface area contributed by atoms with Crippen LogP contribution in [0.2, 0.25) is 0 Å². The molecule has 1 aromatic rings. The number of ether oxygens (including phenoxy) is 1. The number of benzene rings is 1. The highest BCUT2D eigenvalue weighted by Gasteiger charge is 2.56. The van der Waals surface area contributed by atoms with E-state index in [0.717, 1.165) is 24.3 Å². The quantitative estimate of drug-likeness (QED) is 0.629. The summed E-state index contributed by atoms with van der Waals surface area (Å²) in [5, 5.41) is 2.45. The van der Waals surface area contributed by atoms with Gasteiger partial charge in [-0.3, -0.25) is 4.79 Å². The van der Waals surface area contributed by atoms with Crippen molar-refractivity contribution < 1.29 is 31.1 Å². The Labute approximate surface area is 125 Å². The first-order valence-electron chi connectivity index (χ1n) is 6.46. The van der Waals surface area contributed by atoms with Crippen LogP contribution in [0.4, 0.5) is 13.2 Å². The van der Waals surface area contributed by atoms with Crippen LogP contribution in [-0.2, 0) is 19.4 Å². The van der Waals surface area contributed by atoms with Crippen LogP contribution in [0, 0.1) is 5.82 Å². The molecular weight excluding hydrogens is 323 g/mol. The number of hydrogen-bond acceptors (Lipinski definition) is 5. The molecule has 1 saturated heterocycles. The van der Waals surface area contributed by atoms with Crippen molar-refractivity contribution in [2.45, 2.75) is 35.1 Å². The second-order valence-electron chi connectivity index (χ2n) is 4.93. The molecule has 1 heterocycles. The van der Waals surface area contributed by atoms with Crippen molar-refractivity contribution in [3.63, 3.8) is 0 Å². The van der Waals surface area contributed by atoms with E-state index in [0.29, 0.717) is 6.42 Å². The average Bonchev–Trinajstić information content (AvgIpc) is 2.95. The highest BCUT2D eigenvalue weighted by molar-refractivity contribution is 7.92. The van der Waals surface area contributed by atoms with Crippen molar-refractivity contribution in [3.8, 4) is 0 Å². The zero-order chi connectivity index (χ0) is 16.4. The van der Waals surface area contributed by atoms with Gasteiger partial charge in [0.2, 0.25) is 15.3 Å². The lowest BCUT2D eigenvalue weighted by atomic mass is 9.99. The van der Waals surface area contributed by atoms with Crippen molar-refractivity contribution in [2.24, 2.45) is 0 Å². The molecule has 1 aliphatic heterocycles. The van der Waals surface area contributed by atoms with E-state index in [9.17, 15) is 26.4 Å². The van der Waals surface area contributed by atoms with Gasteiger partial charge in [-0.2, -0.15) is 0 Å². The monoisotopic (exact) mass is 337 g/mol. The molecule has 1 fully saturated rings. The number of rotatable bonds is 6. The van der Waals surface area contributed by atoms with Gasteiger partial charge in [0.05, 0.1) is 4.90 Å². The molecule has 5 nitrogen and oxygen atoms in total. The van der Waals surface area contributed by atoms with Gasteiger partial charge < -0.3 is 10.1 Å². The average molecular weight is 337 g/mol. The topological polar surface area (TPSA) is 72.5 Å². The highest BCUT2D eigenvalue weighted by atomic mass is 32.2. The molecule has 0 aromatic heterocycles. The van der Waals surface area contributed by atoms with E-state index in [1.54, 1.807) is 0 Å². The summed E-state index contributed by atoms with van der Waals surface area (Å²) in [5.41, 5.74) is -4.26. The largest absolute Gasteiger partial charge is 0.445 e. The number of halogens is 3. The smallest absolute Gasteiger partial charge is 0.294 e. The first-order chi connectivity index (χ1) is 10.3. The lowest BCUT2D eigenvalue weighted by Crippen LogP contribution is -2.59. The molecule has 0 aliphatic carbocycles. The van der Waals surface area contributed by atoms with Gasteiger partial charge >= 0.3 is 0 Å². The fourth-order valence-corrected chi connectivity index (χ4v) is 4.36. The number of hydrogen-bond donors (Lipinski definition) is 1. The number of carbonyl (C=O) groups excluding carboxylic acids is 1. The maximum Gasteiger partial charge on any atom is 0.294 e. The number of sulfone groups is 1. The molecule has 0 saturated carbocycles. The molecular formula is C13H14F3NO4S. The second-order valence-corrected chi connectivity index (χ2v) is 6.92. The first-order valence-corrected chi connectivity index (χ1v) is 8.01. The Morgan fingerprint density at radius 1 is 1.27 bits per heavy atom. The Bertz CT molecular complexity index is 627. The summed E-state index contributed by atoms with van der Waals surface area (Å²) >= 11 is 0. The second kappa shape index (κ2) is 6.25. The molecule has 9 heteroatoms. The van der Waals surface area contributed by atoms with Crippen LogP contribution < -0.4 is 5.32 Å². The summed E-state index contributed by atoms with van der Waals surface area (Å²) in [7, 11) is -4.43. The van der Waals surface area contributed by atoms with Gasteiger partial charge in [-0.25, -0.2) is 21.6 Å². The maximum atomic E-state index is 13.5. The van der Waals surface area contributed by atoms with Crippen LogP contribution in [-0.4, -0.2) is 38.8 Å². The van der Waals surface area contributed by atoms with Crippen LogP contribution in [0.15, 0.2) is 29.2 Å². The summed E-state index contributed by atoms with van der Waals surface area (Å²) in [6, 6.07) is 3.67. The van der Waals surface area contributed by atoms with Crippen LogP contribution in [0.25, 0.3) is 0 Å². The number of nitrogens with one attached hydrogen (secondary N) is 1. The SMILES string of the molecule is O=COC(C1(C(F)F)CCCN1)S(=O)(=O)c1ccc(F)cc1. The minimum atomic E-state index is -4.43. The van der Waals surface area contributed by atoms with E-state index in [1.165, 1.54) is 0 Å². The molecule has 1 N–H and O–H groups in total. The summed E-state index contributed by atoms with van der Waals surface area (Å²) < 4.78 is 69.5. The van der Waals surface area contributed by atoms with E-state index in [4.69, 9.17) is 0 Å². The summed E-state index contributed by atoms with van der Waals surface area (Å²) in [6.45, 7) is 0.0118. The predicted octanol–water partition coefficient (Wildman–Crippen LogP) is 1.49. The summed E-state index contributed by atoms with van der Waals surface area (Å²) in [5.74, 6) is -0.672. The van der Waals surface area contributed by atoms with E-state index in [1.807, 2.05) is 0 Å².